The van der Waals surface area contributed by atoms with E-state index in [0.717, 1.165) is 23.1 Å². The number of nitrogens with zero attached hydrogens (tertiary/aromatic N) is 2. The van der Waals surface area contributed by atoms with E-state index in [9.17, 15) is 13.2 Å². The summed E-state index contributed by atoms with van der Waals surface area (Å²) in [5, 5.41) is 1.37. The Morgan fingerprint density at radius 1 is 1.19 bits per heavy atom. The number of amides is 1. The van der Waals surface area contributed by atoms with Crippen LogP contribution in [0.1, 0.15) is 32.3 Å². The van der Waals surface area contributed by atoms with Crippen LogP contribution in [0.4, 0.5) is 5.69 Å². The van der Waals surface area contributed by atoms with E-state index in [4.69, 9.17) is 10.6 Å². The number of amidine groups is 1. The largest absolute Gasteiger partial charge is 0.387 e. The molecule has 1 amide bonds. The molecular weight excluding hydrogens is 428 g/mol. The summed E-state index contributed by atoms with van der Waals surface area (Å²) >= 11 is 0. The number of hydrogen-bond acceptors (Lipinski definition) is 6. The molecular formula is C23H28N4O4S. The number of aliphatic imine (C=N–C) groups is 1. The molecule has 1 aliphatic heterocycles. The lowest BCUT2D eigenvalue weighted by molar-refractivity contribution is -0.180. The van der Waals surface area contributed by atoms with Crippen molar-refractivity contribution >= 4 is 33.5 Å². The molecule has 0 aromatic heterocycles. The van der Waals surface area contributed by atoms with Gasteiger partial charge in [0.25, 0.3) is 5.91 Å². The van der Waals surface area contributed by atoms with Crippen molar-refractivity contribution in [2.24, 2.45) is 10.7 Å². The number of carbonyl (C=O) groups is 1. The predicted molar refractivity (Wildman–Crippen MR) is 126 cm³/mol. The first-order valence-electron chi connectivity index (χ1n) is 10.5. The zero-order chi connectivity index (χ0) is 23.3. The lowest BCUT2D eigenvalue weighted by Crippen LogP contribution is -2.34. The van der Waals surface area contributed by atoms with Crippen LogP contribution >= 0.6 is 0 Å². The molecule has 0 saturated carbocycles. The molecule has 0 atom stereocenters. The Morgan fingerprint density at radius 2 is 1.94 bits per heavy atom. The minimum absolute atomic E-state index is 0.176. The molecule has 0 aliphatic carbocycles. The monoisotopic (exact) mass is 456 g/mol. The maximum Gasteiger partial charge on any atom is 0.273 e. The summed E-state index contributed by atoms with van der Waals surface area (Å²) in [4.78, 5) is 23.2. The van der Waals surface area contributed by atoms with Crippen LogP contribution < -0.4 is 10.5 Å². The number of fused-ring (bicyclic) bond motifs is 1. The van der Waals surface area contributed by atoms with Crippen molar-refractivity contribution in [1.82, 2.24) is 9.79 Å². The first-order valence-corrected chi connectivity index (χ1v) is 11.9. The highest BCUT2D eigenvalue weighted by atomic mass is 32.2. The molecule has 2 aromatic rings. The van der Waals surface area contributed by atoms with E-state index < -0.39 is 10.0 Å². The summed E-state index contributed by atoms with van der Waals surface area (Å²) in [6, 6.07) is 12.2. The minimum Gasteiger partial charge on any atom is -0.387 e. The van der Waals surface area contributed by atoms with Gasteiger partial charge in [0.1, 0.15) is 5.84 Å². The van der Waals surface area contributed by atoms with E-state index in [0.29, 0.717) is 30.2 Å². The van der Waals surface area contributed by atoms with Gasteiger partial charge in [0.2, 0.25) is 10.0 Å². The van der Waals surface area contributed by atoms with Gasteiger partial charge in [-0.2, -0.15) is 0 Å². The number of benzene rings is 2. The van der Waals surface area contributed by atoms with Crippen LogP contribution in [0.3, 0.4) is 0 Å². The Bertz CT molecular complexity index is 1170. The molecule has 0 fully saturated rings. The highest BCUT2D eigenvalue weighted by Gasteiger charge is 2.22. The number of hydrogen-bond donors (Lipinski definition) is 2. The number of nitrogens with two attached hydrogens (primary N) is 1. The predicted octanol–water partition coefficient (Wildman–Crippen LogP) is 3.23. The van der Waals surface area contributed by atoms with Crippen molar-refractivity contribution in [3.05, 3.63) is 53.6 Å². The minimum atomic E-state index is -3.56. The lowest BCUT2D eigenvalue weighted by atomic mass is 10.0. The summed E-state index contributed by atoms with van der Waals surface area (Å²) in [5.74, 6) is 0.0914. The summed E-state index contributed by atoms with van der Waals surface area (Å²) < 4.78 is 26.6. The van der Waals surface area contributed by atoms with Crippen LogP contribution in [-0.2, 0) is 19.7 Å². The lowest BCUT2D eigenvalue weighted by Gasteiger charge is -2.21. The Labute approximate surface area is 188 Å². The molecule has 3 N–H and O–H groups in total. The summed E-state index contributed by atoms with van der Waals surface area (Å²) in [5.41, 5.74) is 9.51. The fourth-order valence-corrected chi connectivity index (χ4v) is 4.19. The van der Waals surface area contributed by atoms with Crippen LogP contribution in [0.2, 0.25) is 0 Å². The van der Waals surface area contributed by atoms with Gasteiger partial charge in [-0.1, -0.05) is 31.2 Å². The van der Waals surface area contributed by atoms with Gasteiger partial charge < -0.3 is 5.73 Å². The van der Waals surface area contributed by atoms with Crippen LogP contribution in [0.15, 0.2) is 57.9 Å². The molecule has 1 heterocycles. The molecule has 0 saturated heterocycles. The number of rotatable bonds is 8. The smallest absolute Gasteiger partial charge is 0.273 e. The van der Waals surface area contributed by atoms with Gasteiger partial charge in [-0.3, -0.25) is 9.63 Å². The molecule has 0 spiro atoms. The maximum atomic E-state index is 13.0. The third-order valence-electron chi connectivity index (χ3n) is 4.96. The molecule has 32 heavy (non-hydrogen) atoms. The van der Waals surface area contributed by atoms with E-state index in [1.807, 2.05) is 38.1 Å². The third kappa shape index (κ3) is 5.24. The number of carbonyl (C=O) groups excluding carboxylic acids is 1. The van der Waals surface area contributed by atoms with Crippen LogP contribution in [0.25, 0.3) is 17.2 Å². The van der Waals surface area contributed by atoms with Crippen molar-refractivity contribution in [3.8, 4) is 11.1 Å². The molecule has 9 heteroatoms. The van der Waals surface area contributed by atoms with Gasteiger partial charge in [0.05, 0.1) is 17.2 Å². The normalized spacial score (nSPS) is 13.6. The highest BCUT2D eigenvalue weighted by molar-refractivity contribution is 7.89. The fourth-order valence-electron chi connectivity index (χ4n) is 3.41. The molecule has 0 unspecified atom stereocenters. The highest BCUT2D eigenvalue weighted by Crippen LogP contribution is 2.32. The molecule has 2 aromatic carbocycles. The van der Waals surface area contributed by atoms with Crippen molar-refractivity contribution in [1.29, 1.82) is 0 Å². The molecule has 0 bridgehead atoms. The van der Waals surface area contributed by atoms with Crippen molar-refractivity contribution in [3.63, 3.8) is 0 Å². The second kappa shape index (κ2) is 10.1. The van der Waals surface area contributed by atoms with E-state index in [1.54, 1.807) is 18.2 Å². The van der Waals surface area contributed by atoms with Gasteiger partial charge >= 0.3 is 0 Å². The standard InChI is InChI=1S/C23H28N4O4S/c1-4-11-27(31-5-2)23(28)19-12-18-10-9-17(14-21(18)26-22(24)15-19)16-7-6-8-20(13-16)32(29,30)25-3/h6-10,12-14,25H,4-5,11,15H2,1-3H3,(H2,24,26). The molecule has 0 radical (unpaired) electrons. The van der Waals surface area contributed by atoms with Gasteiger partial charge in [-0.25, -0.2) is 23.2 Å². The van der Waals surface area contributed by atoms with Crippen LogP contribution in [-0.4, -0.2) is 45.4 Å². The summed E-state index contributed by atoms with van der Waals surface area (Å²) in [6.45, 7) is 4.69. The third-order valence-corrected chi connectivity index (χ3v) is 6.37. The number of nitrogens with one attached hydrogen (secondary N) is 1. The van der Waals surface area contributed by atoms with E-state index in [1.165, 1.54) is 18.2 Å². The van der Waals surface area contributed by atoms with Gasteiger partial charge in [-0.05, 0) is 55.8 Å². The fraction of sp³-hybridized carbons (Fsp3) is 0.304. The maximum absolute atomic E-state index is 13.0. The summed E-state index contributed by atoms with van der Waals surface area (Å²) in [7, 11) is -2.18. The van der Waals surface area contributed by atoms with Crippen LogP contribution in [0.5, 0.6) is 0 Å². The first kappa shape index (κ1) is 23.6. The van der Waals surface area contributed by atoms with Crippen molar-refractivity contribution < 1.29 is 18.0 Å². The SMILES string of the molecule is CCCN(OCC)C(=O)C1=Cc2ccc(-c3cccc(S(=O)(=O)NC)c3)cc2N=C(N)C1. The molecule has 170 valence electrons. The van der Waals surface area contributed by atoms with Gasteiger partial charge in [-0.15, -0.1) is 0 Å². The topological polar surface area (TPSA) is 114 Å². The zero-order valence-electron chi connectivity index (χ0n) is 18.5. The molecule has 1 aliphatic rings. The Hall–Kier alpha value is -3.01. The zero-order valence-corrected chi connectivity index (χ0v) is 19.3. The Morgan fingerprint density at radius 3 is 2.62 bits per heavy atom. The van der Waals surface area contributed by atoms with E-state index >= 15 is 0 Å². The number of hydroxylamine groups is 2. The second-order valence-corrected chi connectivity index (χ2v) is 9.17. The molecule has 3 rings (SSSR count). The Balaban J connectivity index is 2.00. The number of sulfonamides is 1. The molecule has 8 nitrogen and oxygen atoms in total. The quantitative estimate of drug-likeness (QED) is 0.592. The average molecular weight is 457 g/mol. The van der Waals surface area contributed by atoms with Gasteiger partial charge in [0, 0.05) is 24.1 Å². The van der Waals surface area contributed by atoms with Crippen molar-refractivity contribution in [2.75, 3.05) is 20.2 Å². The second-order valence-electron chi connectivity index (χ2n) is 7.28. The van der Waals surface area contributed by atoms with Crippen LogP contribution in [0, 0.1) is 0 Å². The average Bonchev–Trinajstić information content (AvgIpc) is 2.95. The first-order chi connectivity index (χ1) is 15.3. The Kier molecular flexibility index (Phi) is 7.44. The van der Waals surface area contributed by atoms with Crippen molar-refractivity contribution in [2.45, 2.75) is 31.6 Å². The van der Waals surface area contributed by atoms with Gasteiger partial charge in [0.15, 0.2) is 0 Å². The summed E-state index contributed by atoms with van der Waals surface area (Å²) in [6.07, 6.45) is 2.77. The van der Waals surface area contributed by atoms with E-state index in [-0.39, 0.29) is 17.2 Å². The van der Waals surface area contributed by atoms with E-state index in [2.05, 4.69) is 9.71 Å².